The zero-order valence-corrected chi connectivity index (χ0v) is 33.8. The molecule has 0 spiro atoms. The first-order valence-corrected chi connectivity index (χ1v) is 21.4. The Morgan fingerprint density at radius 3 is 1.27 bits per heavy atom. The minimum Gasteiger partial charge on any atom is -0.394 e. The van der Waals surface area contributed by atoms with Crippen LogP contribution >= 0.6 is 0 Å². The molecule has 0 aliphatic rings. The second-order valence-electron chi connectivity index (χ2n) is 14.0. The molecule has 0 saturated heterocycles. The highest BCUT2D eigenvalue weighted by molar-refractivity contribution is 5.76. The minimum atomic E-state index is -0.670. The van der Waals surface area contributed by atoms with Crippen molar-refractivity contribution in [2.75, 3.05) is 6.61 Å². The summed E-state index contributed by atoms with van der Waals surface area (Å²) < 4.78 is 0. The number of hydrogen-bond acceptors (Lipinski definition) is 3. The van der Waals surface area contributed by atoms with Crippen molar-refractivity contribution in [1.29, 1.82) is 0 Å². The van der Waals surface area contributed by atoms with E-state index in [1.165, 1.54) is 64.2 Å². The van der Waals surface area contributed by atoms with E-state index in [-0.39, 0.29) is 12.5 Å². The van der Waals surface area contributed by atoms with Crippen molar-refractivity contribution >= 4 is 5.91 Å². The summed E-state index contributed by atoms with van der Waals surface area (Å²) in [5, 5.41) is 23.0. The number of carbonyl (C=O) groups is 1. The van der Waals surface area contributed by atoms with E-state index < -0.39 is 12.1 Å². The van der Waals surface area contributed by atoms with Crippen molar-refractivity contribution in [1.82, 2.24) is 5.32 Å². The summed E-state index contributed by atoms with van der Waals surface area (Å²) >= 11 is 0. The molecule has 0 aromatic rings. The number of unbranched alkanes of at least 4 members (excludes halogenated alkanes) is 14. The first-order valence-electron chi connectivity index (χ1n) is 21.4. The highest BCUT2D eigenvalue weighted by atomic mass is 16.3. The molecular weight excluding hydrogens is 639 g/mol. The average Bonchev–Trinajstić information content (AvgIpc) is 3.15. The van der Waals surface area contributed by atoms with Crippen molar-refractivity contribution in [3.8, 4) is 0 Å². The van der Waals surface area contributed by atoms with Crippen molar-refractivity contribution in [3.63, 3.8) is 0 Å². The lowest BCUT2D eigenvalue weighted by molar-refractivity contribution is -0.123. The third-order valence-corrected chi connectivity index (χ3v) is 9.11. The Balaban J connectivity index is 3.64. The Kier molecular flexibility index (Phi) is 40.5. The van der Waals surface area contributed by atoms with E-state index in [1.807, 2.05) is 0 Å². The molecule has 0 rings (SSSR count). The van der Waals surface area contributed by atoms with Gasteiger partial charge in [-0.3, -0.25) is 4.79 Å². The number of carbonyl (C=O) groups excluding carboxylic acids is 1. The Morgan fingerprint density at radius 1 is 0.481 bits per heavy atom. The molecule has 2 unspecified atom stereocenters. The minimum absolute atomic E-state index is 0.0540. The Morgan fingerprint density at radius 2 is 0.846 bits per heavy atom. The number of amides is 1. The second-order valence-corrected chi connectivity index (χ2v) is 14.0. The van der Waals surface area contributed by atoms with Gasteiger partial charge in [0, 0.05) is 6.42 Å². The van der Waals surface area contributed by atoms with Crippen LogP contribution in [0.1, 0.15) is 181 Å². The van der Waals surface area contributed by atoms with Gasteiger partial charge in [0.2, 0.25) is 5.91 Å². The van der Waals surface area contributed by atoms with E-state index in [2.05, 4.69) is 116 Å². The topological polar surface area (TPSA) is 69.6 Å². The molecule has 1 amide bonds. The van der Waals surface area contributed by atoms with Crippen LogP contribution in [-0.2, 0) is 4.79 Å². The maximum atomic E-state index is 12.3. The third-order valence-electron chi connectivity index (χ3n) is 9.11. The van der Waals surface area contributed by atoms with Gasteiger partial charge >= 0.3 is 0 Å². The number of rotatable bonds is 37. The fourth-order valence-corrected chi connectivity index (χ4v) is 5.84. The van der Waals surface area contributed by atoms with E-state index in [0.717, 1.165) is 89.9 Å². The lowest BCUT2D eigenvalue weighted by Crippen LogP contribution is -2.45. The average molecular weight is 720 g/mol. The molecule has 3 N–H and O–H groups in total. The smallest absolute Gasteiger partial charge is 0.220 e. The van der Waals surface area contributed by atoms with E-state index in [0.29, 0.717) is 12.8 Å². The molecule has 0 radical (unpaired) electrons. The summed E-state index contributed by atoms with van der Waals surface area (Å²) in [5.41, 5.74) is 0. The SMILES string of the molecule is CC/C=C\C/C=C\C/C=C\C/C=C\C/C=C\C/C=C\C/C=C\C/C=C\CCCCCCCCC(=O)NC(CO)C(O)CCCCCCCCCCC. The summed E-state index contributed by atoms with van der Waals surface area (Å²) in [7, 11) is 0. The van der Waals surface area contributed by atoms with Crippen LogP contribution in [0.15, 0.2) is 97.2 Å². The molecular formula is C48H81NO3. The fourth-order valence-electron chi connectivity index (χ4n) is 5.84. The van der Waals surface area contributed by atoms with E-state index in [4.69, 9.17) is 0 Å². The van der Waals surface area contributed by atoms with Gasteiger partial charge in [0.1, 0.15) is 0 Å². The molecule has 0 aliphatic heterocycles. The Hall–Kier alpha value is -2.69. The summed E-state index contributed by atoms with van der Waals surface area (Å²) in [6, 6.07) is -0.548. The molecule has 0 fully saturated rings. The maximum Gasteiger partial charge on any atom is 0.220 e. The monoisotopic (exact) mass is 720 g/mol. The normalized spacial score (nSPS) is 14.0. The largest absolute Gasteiger partial charge is 0.394 e. The van der Waals surface area contributed by atoms with Gasteiger partial charge in [0.25, 0.3) is 0 Å². The predicted octanol–water partition coefficient (Wildman–Crippen LogP) is 13.5. The van der Waals surface area contributed by atoms with Crippen LogP contribution in [-0.4, -0.2) is 34.9 Å². The number of hydrogen-bond donors (Lipinski definition) is 3. The summed E-state index contributed by atoms with van der Waals surface area (Å²) in [6.07, 6.45) is 63.4. The van der Waals surface area contributed by atoms with Crippen molar-refractivity contribution in [2.45, 2.75) is 193 Å². The summed E-state index contributed by atoms with van der Waals surface area (Å²) in [6.45, 7) is 4.20. The van der Waals surface area contributed by atoms with Crippen molar-refractivity contribution in [2.24, 2.45) is 0 Å². The molecule has 0 aromatic heterocycles. The number of aliphatic hydroxyl groups excluding tert-OH is 2. The van der Waals surface area contributed by atoms with E-state index >= 15 is 0 Å². The lowest BCUT2D eigenvalue weighted by Gasteiger charge is -2.22. The number of aliphatic hydroxyl groups is 2. The van der Waals surface area contributed by atoms with Gasteiger partial charge in [-0.15, -0.1) is 0 Å². The molecule has 0 aliphatic carbocycles. The van der Waals surface area contributed by atoms with Gasteiger partial charge in [0.15, 0.2) is 0 Å². The van der Waals surface area contributed by atoms with E-state index in [9.17, 15) is 15.0 Å². The molecule has 4 nitrogen and oxygen atoms in total. The van der Waals surface area contributed by atoms with Crippen LogP contribution in [0.3, 0.4) is 0 Å². The van der Waals surface area contributed by atoms with Gasteiger partial charge in [-0.1, -0.05) is 195 Å². The van der Waals surface area contributed by atoms with Gasteiger partial charge in [0.05, 0.1) is 18.8 Å². The zero-order chi connectivity index (χ0) is 37.8. The molecule has 0 heterocycles. The quantitative estimate of drug-likeness (QED) is 0.0442. The molecule has 0 aromatic carbocycles. The van der Waals surface area contributed by atoms with Gasteiger partial charge in [-0.25, -0.2) is 0 Å². The molecule has 52 heavy (non-hydrogen) atoms. The van der Waals surface area contributed by atoms with Crippen molar-refractivity contribution < 1.29 is 15.0 Å². The maximum absolute atomic E-state index is 12.3. The predicted molar refractivity (Wildman–Crippen MR) is 230 cm³/mol. The van der Waals surface area contributed by atoms with Crippen molar-refractivity contribution in [3.05, 3.63) is 97.2 Å². The zero-order valence-electron chi connectivity index (χ0n) is 33.8. The van der Waals surface area contributed by atoms with Crippen LogP contribution < -0.4 is 5.32 Å². The first-order chi connectivity index (χ1) is 25.7. The van der Waals surface area contributed by atoms with Crippen LogP contribution in [0.4, 0.5) is 0 Å². The molecule has 0 saturated carbocycles. The van der Waals surface area contributed by atoms with Gasteiger partial charge < -0.3 is 15.5 Å². The number of nitrogens with one attached hydrogen (secondary N) is 1. The van der Waals surface area contributed by atoms with Crippen LogP contribution in [0.2, 0.25) is 0 Å². The first kappa shape index (κ1) is 49.3. The van der Waals surface area contributed by atoms with Crippen LogP contribution in [0.25, 0.3) is 0 Å². The van der Waals surface area contributed by atoms with Gasteiger partial charge in [-0.05, 0) is 77.0 Å². The van der Waals surface area contributed by atoms with Crippen LogP contribution in [0.5, 0.6) is 0 Å². The number of allylic oxidation sites excluding steroid dienone is 16. The molecule has 4 heteroatoms. The molecule has 2 atom stereocenters. The second kappa shape index (κ2) is 42.7. The highest BCUT2D eigenvalue weighted by Gasteiger charge is 2.19. The van der Waals surface area contributed by atoms with E-state index in [1.54, 1.807) is 0 Å². The highest BCUT2D eigenvalue weighted by Crippen LogP contribution is 2.13. The standard InChI is InChI=1S/C48H81NO3/c1-3-5-7-9-11-13-14-15-16-17-18-19-20-21-22-23-24-25-26-27-28-29-30-31-32-33-34-36-38-40-42-44-48(52)49-46(45-50)47(51)43-41-39-37-35-12-10-8-6-4-2/h5,7,11,13,15-16,18-19,21-22,24-25,27-28,30-31,46-47,50-51H,3-4,6,8-10,12,14,17,20,23,26,29,32-45H2,1-2H3,(H,49,52)/b7-5-,13-11-,16-15-,19-18-,22-21-,25-24-,28-27-,31-30-. The third kappa shape index (κ3) is 38.5. The summed E-state index contributed by atoms with van der Waals surface area (Å²) in [5.74, 6) is -0.0540. The summed E-state index contributed by atoms with van der Waals surface area (Å²) in [4.78, 5) is 12.3. The molecule has 296 valence electrons. The van der Waals surface area contributed by atoms with Crippen LogP contribution in [0, 0.1) is 0 Å². The Bertz CT molecular complexity index is 999. The molecule has 0 bridgehead atoms. The fraction of sp³-hybridized carbons (Fsp3) is 0.646. The Labute approximate surface area is 322 Å². The van der Waals surface area contributed by atoms with Gasteiger partial charge in [-0.2, -0.15) is 0 Å². The lowest BCUT2D eigenvalue weighted by atomic mass is 10.0.